The van der Waals surface area contributed by atoms with E-state index in [0.717, 1.165) is 5.56 Å². The highest BCUT2D eigenvalue weighted by Crippen LogP contribution is 2.32. The third kappa shape index (κ3) is 4.24. The number of hydrogen-bond donors (Lipinski definition) is 2. The number of carbonyl (C=O) groups is 2. The molecule has 29 heavy (non-hydrogen) atoms. The maximum absolute atomic E-state index is 12.6. The Morgan fingerprint density at radius 3 is 2.41 bits per heavy atom. The van der Waals surface area contributed by atoms with E-state index in [9.17, 15) is 9.59 Å². The van der Waals surface area contributed by atoms with E-state index in [-0.39, 0.29) is 23.6 Å². The second-order valence-electron chi connectivity index (χ2n) is 6.61. The third-order valence-electron chi connectivity index (χ3n) is 4.56. The lowest BCUT2D eigenvalue weighted by atomic mass is 10.1. The van der Waals surface area contributed by atoms with E-state index in [1.54, 1.807) is 36.4 Å². The Balaban J connectivity index is 1.38. The maximum Gasteiger partial charge on any atom is 0.291 e. The van der Waals surface area contributed by atoms with Crippen molar-refractivity contribution in [2.75, 3.05) is 18.5 Å². The number of carbonyl (C=O) groups excluding carboxylic acids is 2. The highest BCUT2D eigenvalue weighted by Gasteiger charge is 2.17. The molecule has 0 radical (unpaired) electrons. The SMILES string of the molecule is CC(NC(=O)c1ccc(NC(=O)c2ccco2)cc1)c1ccc2c(c1)OCCO2. The summed E-state index contributed by atoms with van der Waals surface area (Å²) in [6.07, 6.45) is 1.44. The quantitative estimate of drug-likeness (QED) is 0.689. The topological polar surface area (TPSA) is 89.8 Å². The minimum atomic E-state index is -0.348. The molecule has 0 saturated heterocycles. The zero-order valence-electron chi connectivity index (χ0n) is 15.8. The Morgan fingerprint density at radius 2 is 1.69 bits per heavy atom. The molecule has 0 bridgehead atoms. The van der Waals surface area contributed by atoms with E-state index < -0.39 is 0 Å². The van der Waals surface area contributed by atoms with Crippen molar-refractivity contribution in [2.45, 2.75) is 13.0 Å². The van der Waals surface area contributed by atoms with Crippen molar-refractivity contribution in [3.63, 3.8) is 0 Å². The lowest BCUT2D eigenvalue weighted by molar-refractivity contribution is 0.0939. The Bertz CT molecular complexity index is 1010. The largest absolute Gasteiger partial charge is 0.486 e. The number of nitrogens with one attached hydrogen (secondary N) is 2. The average Bonchev–Trinajstić information content (AvgIpc) is 3.29. The molecule has 3 aromatic rings. The molecule has 148 valence electrons. The van der Waals surface area contributed by atoms with E-state index in [2.05, 4.69) is 10.6 Å². The van der Waals surface area contributed by atoms with Crippen LogP contribution < -0.4 is 20.1 Å². The van der Waals surface area contributed by atoms with Gasteiger partial charge in [0.1, 0.15) is 13.2 Å². The van der Waals surface area contributed by atoms with Crippen LogP contribution in [0, 0.1) is 0 Å². The Labute approximate surface area is 167 Å². The van der Waals surface area contributed by atoms with Crippen LogP contribution in [0.1, 0.15) is 39.4 Å². The van der Waals surface area contributed by atoms with Crippen molar-refractivity contribution < 1.29 is 23.5 Å². The molecule has 0 aliphatic carbocycles. The van der Waals surface area contributed by atoms with Crippen molar-refractivity contribution >= 4 is 17.5 Å². The van der Waals surface area contributed by atoms with Crippen molar-refractivity contribution in [3.05, 3.63) is 77.7 Å². The number of furan rings is 1. The first-order valence-corrected chi connectivity index (χ1v) is 9.25. The lowest BCUT2D eigenvalue weighted by Crippen LogP contribution is -2.26. The summed E-state index contributed by atoms with van der Waals surface area (Å²) in [7, 11) is 0. The van der Waals surface area contributed by atoms with Crippen molar-refractivity contribution in [1.29, 1.82) is 0 Å². The van der Waals surface area contributed by atoms with E-state index in [4.69, 9.17) is 13.9 Å². The molecule has 0 spiro atoms. The zero-order valence-corrected chi connectivity index (χ0v) is 15.8. The minimum Gasteiger partial charge on any atom is -0.486 e. The zero-order chi connectivity index (χ0) is 20.2. The van der Waals surface area contributed by atoms with Crippen LogP contribution in [-0.4, -0.2) is 25.0 Å². The summed E-state index contributed by atoms with van der Waals surface area (Å²) in [5.41, 5.74) is 1.98. The summed E-state index contributed by atoms with van der Waals surface area (Å²) in [6, 6.07) is 15.3. The molecule has 2 amide bonds. The third-order valence-corrected chi connectivity index (χ3v) is 4.56. The Kier molecular flexibility index (Phi) is 5.20. The fraction of sp³-hybridized carbons (Fsp3) is 0.182. The summed E-state index contributed by atoms with van der Waals surface area (Å²) in [5.74, 6) is 1.06. The summed E-state index contributed by atoms with van der Waals surface area (Å²) in [5, 5.41) is 5.68. The Hall–Kier alpha value is -3.74. The molecule has 0 saturated carbocycles. The fourth-order valence-corrected chi connectivity index (χ4v) is 3.00. The van der Waals surface area contributed by atoms with E-state index >= 15 is 0 Å². The number of hydrogen-bond acceptors (Lipinski definition) is 5. The molecule has 7 nitrogen and oxygen atoms in total. The maximum atomic E-state index is 12.6. The van der Waals surface area contributed by atoms with Crippen LogP contribution in [0.25, 0.3) is 0 Å². The molecule has 2 aromatic carbocycles. The first kappa shape index (κ1) is 18.6. The molecular formula is C22H20N2O5. The number of amides is 2. The second-order valence-corrected chi connectivity index (χ2v) is 6.61. The number of benzene rings is 2. The molecular weight excluding hydrogens is 372 g/mol. The van der Waals surface area contributed by atoms with Gasteiger partial charge in [0.25, 0.3) is 11.8 Å². The predicted molar refractivity (Wildman–Crippen MR) is 106 cm³/mol. The van der Waals surface area contributed by atoms with E-state index in [1.807, 2.05) is 25.1 Å². The van der Waals surface area contributed by atoms with Crippen molar-refractivity contribution in [1.82, 2.24) is 5.32 Å². The van der Waals surface area contributed by atoms with Gasteiger partial charge in [-0.15, -0.1) is 0 Å². The van der Waals surface area contributed by atoms with Gasteiger partial charge in [0.15, 0.2) is 17.3 Å². The highest BCUT2D eigenvalue weighted by atomic mass is 16.6. The molecule has 1 aliphatic rings. The van der Waals surface area contributed by atoms with Crippen LogP contribution in [0.15, 0.2) is 65.3 Å². The molecule has 1 aromatic heterocycles. The van der Waals surface area contributed by atoms with Gasteiger partial charge in [0.05, 0.1) is 12.3 Å². The van der Waals surface area contributed by atoms with Gasteiger partial charge in [-0.05, 0) is 61.0 Å². The molecule has 1 unspecified atom stereocenters. The van der Waals surface area contributed by atoms with Gasteiger partial charge >= 0.3 is 0 Å². The smallest absolute Gasteiger partial charge is 0.291 e. The number of anilines is 1. The molecule has 0 fully saturated rings. The molecule has 2 heterocycles. The van der Waals surface area contributed by atoms with Crippen LogP contribution >= 0.6 is 0 Å². The first-order chi connectivity index (χ1) is 14.1. The molecule has 4 rings (SSSR count). The average molecular weight is 392 g/mol. The van der Waals surface area contributed by atoms with Gasteiger partial charge in [-0.3, -0.25) is 9.59 Å². The monoisotopic (exact) mass is 392 g/mol. The minimum absolute atomic E-state index is 0.211. The molecule has 7 heteroatoms. The predicted octanol–water partition coefficient (Wildman–Crippen LogP) is 3.79. The number of fused-ring (bicyclic) bond motifs is 1. The van der Waals surface area contributed by atoms with Crippen LogP contribution in [0.4, 0.5) is 5.69 Å². The van der Waals surface area contributed by atoms with Gasteiger partial charge in [0, 0.05) is 11.3 Å². The highest BCUT2D eigenvalue weighted by molar-refractivity contribution is 6.02. The number of ether oxygens (including phenoxy) is 2. The number of rotatable bonds is 5. The first-order valence-electron chi connectivity index (χ1n) is 9.25. The Morgan fingerprint density at radius 1 is 0.931 bits per heavy atom. The normalized spacial score (nSPS) is 13.4. The van der Waals surface area contributed by atoms with Gasteiger partial charge in [-0.2, -0.15) is 0 Å². The summed E-state index contributed by atoms with van der Waals surface area (Å²) < 4.78 is 16.2. The van der Waals surface area contributed by atoms with E-state index in [1.165, 1.54) is 6.26 Å². The van der Waals surface area contributed by atoms with Gasteiger partial charge in [-0.25, -0.2) is 0 Å². The van der Waals surface area contributed by atoms with Gasteiger partial charge in [-0.1, -0.05) is 6.07 Å². The molecule has 1 atom stereocenters. The van der Waals surface area contributed by atoms with Gasteiger partial charge < -0.3 is 24.5 Å². The van der Waals surface area contributed by atoms with Crippen LogP contribution in [0.5, 0.6) is 11.5 Å². The van der Waals surface area contributed by atoms with Crippen LogP contribution in [-0.2, 0) is 0 Å². The van der Waals surface area contributed by atoms with Gasteiger partial charge in [0.2, 0.25) is 0 Å². The summed E-state index contributed by atoms with van der Waals surface area (Å²) in [4.78, 5) is 24.6. The second kappa shape index (κ2) is 8.10. The van der Waals surface area contributed by atoms with E-state index in [0.29, 0.717) is 36.0 Å². The molecule has 1 aliphatic heterocycles. The summed E-state index contributed by atoms with van der Waals surface area (Å²) >= 11 is 0. The van der Waals surface area contributed by atoms with Crippen LogP contribution in [0.2, 0.25) is 0 Å². The lowest BCUT2D eigenvalue weighted by Gasteiger charge is -2.21. The summed E-state index contributed by atoms with van der Waals surface area (Å²) in [6.45, 7) is 2.96. The van der Waals surface area contributed by atoms with Crippen LogP contribution in [0.3, 0.4) is 0 Å². The molecule has 2 N–H and O–H groups in total. The van der Waals surface area contributed by atoms with Crippen molar-refractivity contribution in [3.8, 4) is 11.5 Å². The van der Waals surface area contributed by atoms with Crippen molar-refractivity contribution in [2.24, 2.45) is 0 Å². The fourth-order valence-electron chi connectivity index (χ4n) is 3.00. The standard InChI is InChI=1S/C22H20N2O5/c1-14(16-6-9-18-20(13-16)29-12-11-28-18)23-21(25)15-4-7-17(8-5-15)24-22(26)19-3-2-10-27-19/h2-10,13-14H,11-12H2,1H3,(H,23,25)(H,24,26).